The second kappa shape index (κ2) is 11.6. The van der Waals surface area contributed by atoms with Gasteiger partial charge in [0.1, 0.15) is 12.6 Å². The Morgan fingerprint density at radius 3 is 2.79 bits per heavy atom. The molecule has 8 nitrogen and oxygen atoms in total. The number of halogens is 1. The molecule has 2 aliphatic heterocycles. The summed E-state index contributed by atoms with van der Waals surface area (Å²) in [5.74, 6) is 0.740. The Morgan fingerprint density at radius 1 is 1.13 bits per heavy atom. The van der Waals surface area contributed by atoms with Gasteiger partial charge >= 0.3 is 0 Å². The van der Waals surface area contributed by atoms with Gasteiger partial charge in [0.05, 0.1) is 36.0 Å². The number of rotatable bonds is 7. The fourth-order valence-electron chi connectivity index (χ4n) is 4.85. The number of para-hydroxylation sites is 1. The van der Waals surface area contributed by atoms with Crippen LogP contribution in [0.5, 0.6) is 11.5 Å². The van der Waals surface area contributed by atoms with Crippen molar-refractivity contribution in [3.8, 4) is 11.5 Å². The van der Waals surface area contributed by atoms with Crippen molar-refractivity contribution in [3.05, 3.63) is 89.5 Å². The first-order chi connectivity index (χ1) is 19.0. The molecule has 3 aromatic carbocycles. The minimum atomic E-state index is -0.519. The summed E-state index contributed by atoms with van der Waals surface area (Å²) in [5.41, 5.74) is 2.79. The van der Waals surface area contributed by atoms with Gasteiger partial charge in [-0.3, -0.25) is 19.5 Å². The molecule has 1 saturated heterocycles. The minimum Gasteiger partial charge on any atom is -0.493 e. The van der Waals surface area contributed by atoms with E-state index in [4.69, 9.17) is 26.2 Å². The third-order valence-electron chi connectivity index (χ3n) is 6.72. The van der Waals surface area contributed by atoms with E-state index in [9.17, 15) is 9.59 Å². The summed E-state index contributed by atoms with van der Waals surface area (Å²) in [5, 5.41) is 9.94. The van der Waals surface area contributed by atoms with Crippen LogP contribution in [0.2, 0.25) is 5.02 Å². The first-order valence-corrected chi connectivity index (χ1v) is 13.1. The fourth-order valence-corrected chi connectivity index (χ4v) is 5.02. The summed E-state index contributed by atoms with van der Waals surface area (Å²) < 4.78 is 11.1. The Kier molecular flexibility index (Phi) is 7.84. The standard InChI is InChI=1S/C30H29ClN4O4/c1-3-16-39-28-17-20(11-14-27(28)38-2)19-32-34-15-7-6-10-26(34)30(37)35-24-9-5-4-8-22(24)29(36)33-23-18-21(31)12-13-25(23)35/h3-5,8-9,11-14,17-19,26H,1,6-7,10,15-16H2,2H3,(H,33,36)/b32-19+. The maximum absolute atomic E-state index is 14.3. The van der Waals surface area contributed by atoms with E-state index < -0.39 is 6.04 Å². The molecule has 3 aromatic rings. The van der Waals surface area contributed by atoms with Crippen molar-refractivity contribution in [2.45, 2.75) is 25.3 Å². The van der Waals surface area contributed by atoms with Gasteiger partial charge in [0.2, 0.25) is 0 Å². The molecule has 0 aliphatic carbocycles. The number of carbonyl (C=O) groups excluding carboxylic acids is 2. The Morgan fingerprint density at radius 2 is 1.97 bits per heavy atom. The van der Waals surface area contributed by atoms with E-state index in [1.54, 1.807) is 60.7 Å². The van der Waals surface area contributed by atoms with Gasteiger partial charge in [-0.15, -0.1) is 0 Å². The van der Waals surface area contributed by atoms with Crippen LogP contribution in [-0.2, 0) is 4.79 Å². The number of fused-ring (bicyclic) bond motifs is 2. The number of hydrazone groups is 1. The zero-order valence-electron chi connectivity index (χ0n) is 21.6. The molecule has 0 bridgehead atoms. The van der Waals surface area contributed by atoms with Gasteiger partial charge in [-0.1, -0.05) is 36.4 Å². The Hall–Kier alpha value is -4.30. The van der Waals surface area contributed by atoms with Crippen LogP contribution in [0.25, 0.3) is 0 Å². The summed E-state index contributed by atoms with van der Waals surface area (Å²) in [6.45, 7) is 4.67. The molecule has 0 spiro atoms. The molecule has 1 atom stereocenters. The van der Waals surface area contributed by atoms with Crippen LogP contribution in [0.3, 0.4) is 0 Å². The van der Waals surface area contributed by atoms with Crippen molar-refractivity contribution in [2.75, 3.05) is 30.5 Å². The number of nitrogens with one attached hydrogen (secondary N) is 1. The van der Waals surface area contributed by atoms with Crippen LogP contribution in [0.4, 0.5) is 17.1 Å². The molecule has 1 N–H and O–H groups in total. The molecule has 39 heavy (non-hydrogen) atoms. The molecule has 200 valence electrons. The molecule has 2 heterocycles. The van der Waals surface area contributed by atoms with Crippen molar-refractivity contribution in [1.29, 1.82) is 0 Å². The average Bonchev–Trinajstić information content (AvgIpc) is 3.08. The van der Waals surface area contributed by atoms with E-state index >= 15 is 0 Å². The van der Waals surface area contributed by atoms with E-state index in [1.165, 1.54) is 0 Å². The van der Waals surface area contributed by atoms with Gasteiger partial charge in [-0.2, -0.15) is 5.10 Å². The maximum Gasteiger partial charge on any atom is 0.257 e. The highest BCUT2D eigenvalue weighted by molar-refractivity contribution is 6.31. The van der Waals surface area contributed by atoms with Crippen LogP contribution >= 0.6 is 11.6 Å². The molecule has 1 fully saturated rings. The lowest BCUT2D eigenvalue weighted by atomic mass is 10.0. The summed E-state index contributed by atoms with van der Waals surface area (Å²) in [4.78, 5) is 28.9. The van der Waals surface area contributed by atoms with Gasteiger partial charge in [0.15, 0.2) is 11.5 Å². The second-order valence-corrected chi connectivity index (χ2v) is 9.67. The topological polar surface area (TPSA) is 83.5 Å². The summed E-state index contributed by atoms with van der Waals surface area (Å²) in [6.07, 6.45) is 5.83. The maximum atomic E-state index is 14.3. The van der Waals surface area contributed by atoms with Gasteiger partial charge in [0, 0.05) is 11.6 Å². The average molecular weight is 545 g/mol. The zero-order chi connectivity index (χ0) is 27.4. The predicted octanol–water partition coefficient (Wildman–Crippen LogP) is 6.03. The van der Waals surface area contributed by atoms with Crippen LogP contribution in [-0.4, -0.2) is 49.3 Å². The molecule has 0 aromatic heterocycles. The summed E-state index contributed by atoms with van der Waals surface area (Å²) in [7, 11) is 1.59. The van der Waals surface area contributed by atoms with Crippen molar-refractivity contribution in [2.24, 2.45) is 5.10 Å². The van der Waals surface area contributed by atoms with Crippen molar-refractivity contribution in [1.82, 2.24) is 5.01 Å². The quantitative estimate of drug-likeness (QED) is 0.290. The number of hydrogen-bond donors (Lipinski definition) is 1. The van der Waals surface area contributed by atoms with Crippen molar-refractivity contribution >= 4 is 46.7 Å². The summed E-state index contributed by atoms with van der Waals surface area (Å²) >= 11 is 6.24. The van der Waals surface area contributed by atoms with E-state index in [-0.39, 0.29) is 11.8 Å². The summed E-state index contributed by atoms with van der Waals surface area (Å²) in [6, 6.07) is 17.3. The van der Waals surface area contributed by atoms with Crippen LogP contribution < -0.4 is 19.7 Å². The highest BCUT2D eigenvalue weighted by Crippen LogP contribution is 2.40. The second-order valence-electron chi connectivity index (χ2n) is 9.24. The number of amides is 2. The van der Waals surface area contributed by atoms with E-state index in [1.807, 2.05) is 29.3 Å². The Balaban J connectivity index is 1.48. The van der Waals surface area contributed by atoms with Gasteiger partial charge in [-0.25, -0.2) is 0 Å². The smallest absolute Gasteiger partial charge is 0.257 e. The minimum absolute atomic E-state index is 0.163. The SMILES string of the molecule is C=CCOc1cc(/C=N/N2CCCCC2C(=O)N2c3ccc(Cl)cc3NC(=O)c3ccccc32)ccc1OC. The van der Waals surface area contributed by atoms with Crippen molar-refractivity contribution in [3.63, 3.8) is 0 Å². The third kappa shape index (κ3) is 5.47. The highest BCUT2D eigenvalue weighted by Gasteiger charge is 2.36. The molecule has 5 rings (SSSR count). The largest absolute Gasteiger partial charge is 0.493 e. The number of benzene rings is 3. The number of carbonyl (C=O) groups is 2. The molecule has 2 amide bonds. The monoisotopic (exact) mass is 544 g/mol. The molecular formula is C30H29ClN4O4. The Bertz CT molecular complexity index is 1440. The lowest BCUT2D eigenvalue weighted by Gasteiger charge is -2.36. The molecule has 0 radical (unpaired) electrons. The molecule has 1 unspecified atom stereocenters. The number of hydrogen-bond acceptors (Lipinski definition) is 6. The molecule has 0 saturated carbocycles. The Labute approximate surface area is 232 Å². The van der Waals surface area contributed by atoms with E-state index in [0.717, 1.165) is 18.4 Å². The lowest BCUT2D eigenvalue weighted by Crippen LogP contribution is -2.47. The van der Waals surface area contributed by atoms with Crippen LogP contribution in [0.15, 0.2) is 78.4 Å². The van der Waals surface area contributed by atoms with Crippen molar-refractivity contribution < 1.29 is 19.1 Å². The number of piperidine rings is 1. The lowest BCUT2D eigenvalue weighted by molar-refractivity contribution is -0.124. The van der Waals surface area contributed by atoms with Crippen LogP contribution in [0, 0.1) is 0 Å². The molecular weight excluding hydrogens is 516 g/mol. The number of anilines is 3. The van der Waals surface area contributed by atoms with Gasteiger partial charge < -0.3 is 14.8 Å². The highest BCUT2D eigenvalue weighted by atomic mass is 35.5. The number of methoxy groups -OCH3 is 1. The zero-order valence-corrected chi connectivity index (χ0v) is 22.4. The fraction of sp³-hybridized carbons (Fsp3) is 0.233. The van der Waals surface area contributed by atoms with E-state index in [0.29, 0.717) is 58.7 Å². The van der Waals surface area contributed by atoms with Gasteiger partial charge in [0.25, 0.3) is 11.8 Å². The third-order valence-corrected chi connectivity index (χ3v) is 6.95. The molecule has 2 aliphatic rings. The number of nitrogens with zero attached hydrogens (tertiary/aromatic N) is 3. The first kappa shape index (κ1) is 26.3. The molecule has 9 heteroatoms. The predicted molar refractivity (Wildman–Crippen MR) is 154 cm³/mol. The van der Waals surface area contributed by atoms with Gasteiger partial charge in [-0.05, 0) is 73.4 Å². The first-order valence-electron chi connectivity index (χ1n) is 12.8. The van der Waals surface area contributed by atoms with E-state index in [2.05, 4.69) is 11.9 Å². The normalized spacial score (nSPS) is 16.7. The van der Waals surface area contributed by atoms with Crippen LogP contribution in [0.1, 0.15) is 35.2 Å². The number of ether oxygens (including phenoxy) is 2.